The molecule has 4 aromatic rings. The third-order valence-corrected chi connectivity index (χ3v) is 4.80. The quantitative estimate of drug-likeness (QED) is 0.359. The summed E-state index contributed by atoms with van der Waals surface area (Å²) in [6, 6.07) is 11.9. The molecule has 0 amide bonds. The van der Waals surface area contributed by atoms with E-state index in [-0.39, 0.29) is 11.4 Å². The molecule has 0 bridgehead atoms. The van der Waals surface area contributed by atoms with Gasteiger partial charge in [0.15, 0.2) is 11.6 Å². The lowest BCUT2D eigenvalue weighted by molar-refractivity contribution is 0.0731. The maximum atomic E-state index is 13.6. The molecule has 1 aromatic carbocycles. The maximum Gasteiger partial charge on any atom is 0.216 e. The van der Waals surface area contributed by atoms with Gasteiger partial charge in [-0.05, 0) is 57.5 Å². The standard InChI is InChI=1S/C23H28FN7O/c1-15-14-18(30-29-15)26-22-28-21(27-19-6-5-12-31(19)22)20(16-7-9-17(24)10-8-16)32-13-11-25-23(2,3)4/h5-10,12,14,20,25H,11,13H2,1-4H3,(H2,26,27,28,29,30). The zero-order valence-electron chi connectivity index (χ0n) is 18.7. The molecule has 0 fully saturated rings. The lowest BCUT2D eigenvalue weighted by Crippen LogP contribution is -2.38. The molecule has 3 aromatic heterocycles. The van der Waals surface area contributed by atoms with Gasteiger partial charge in [-0.15, -0.1) is 0 Å². The van der Waals surface area contributed by atoms with Gasteiger partial charge in [0.2, 0.25) is 5.95 Å². The predicted octanol–water partition coefficient (Wildman–Crippen LogP) is 4.14. The summed E-state index contributed by atoms with van der Waals surface area (Å²) in [4.78, 5) is 9.47. The fraction of sp³-hybridized carbons (Fsp3) is 0.348. The molecule has 168 valence electrons. The van der Waals surface area contributed by atoms with E-state index < -0.39 is 6.10 Å². The number of aryl methyl sites for hydroxylation is 1. The number of aromatic amines is 1. The number of aromatic nitrogens is 5. The number of ether oxygens (including phenoxy) is 1. The van der Waals surface area contributed by atoms with Crippen LogP contribution in [0.4, 0.5) is 16.2 Å². The molecule has 0 saturated heterocycles. The number of hydrogen-bond acceptors (Lipinski definition) is 6. The van der Waals surface area contributed by atoms with Gasteiger partial charge in [-0.2, -0.15) is 10.1 Å². The van der Waals surface area contributed by atoms with Crippen LogP contribution in [0.15, 0.2) is 48.7 Å². The molecule has 32 heavy (non-hydrogen) atoms. The molecule has 4 rings (SSSR count). The largest absolute Gasteiger partial charge is 0.364 e. The minimum absolute atomic E-state index is 0.0190. The normalized spacial score (nSPS) is 12.9. The number of hydrogen-bond donors (Lipinski definition) is 3. The van der Waals surface area contributed by atoms with E-state index in [9.17, 15) is 4.39 Å². The number of halogens is 1. The number of nitrogens with one attached hydrogen (secondary N) is 3. The van der Waals surface area contributed by atoms with Crippen LogP contribution in [0.25, 0.3) is 5.65 Å². The second-order valence-corrected chi connectivity index (χ2v) is 8.68. The molecular weight excluding hydrogens is 409 g/mol. The van der Waals surface area contributed by atoms with Crippen molar-refractivity contribution in [3.05, 3.63) is 71.6 Å². The van der Waals surface area contributed by atoms with Crippen molar-refractivity contribution in [2.75, 3.05) is 18.5 Å². The molecule has 3 N–H and O–H groups in total. The molecule has 0 radical (unpaired) electrons. The summed E-state index contributed by atoms with van der Waals surface area (Å²) in [7, 11) is 0. The van der Waals surface area contributed by atoms with Crippen LogP contribution in [-0.4, -0.2) is 43.3 Å². The van der Waals surface area contributed by atoms with Crippen molar-refractivity contribution in [2.24, 2.45) is 0 Å². The van der Waals surface area contributed by atoms with Gasteiger partial charge in [0.25, 0.3) is 0 Å². The average molecular weight is 438 g/mol. The fourth-order valence-electron chi connectivity index (χ4n) is 3.31. The van der Waals surface area contributed by atoms with Crippen molar-refractivity contribution < 1.29 is 9.13 Å². The Labute approximate surface area is 186 Å². The van der Waals surface area contributed by atoms with Gasteiger partial charge in [-0.1, -0.05) is 12.1 Å². The molecule has 0 spiro atoms. The molecule has 0 saturated carbocycles. The third-order valence-electron chi connectivity index (χ3n) is 4.80. The van der Waals surface area contributed by atoms with Gasteiger partial charge in [0, 0.05) is 30.0 Å². The Balaban J connectivity index is 1.67. The molecule has 1 atom stereocenters. The first-order valence-electron chi connectivity index (χ1n) is 10.5. The van der Waals surface area contributed by atoms with Crippen molar-refractivity contribution >= 4 is 17.4 Å². The van der Waals surface area contributed by atoms with Gasteiger partial charge < -0.3 is 15.4 Å². The van der Waals surface area contributed by atoms with E-state index in [4.69, 9.17) is 14.7 Å². The van der Waals surface area contributed by atoms with Gasteiger partial charge >= 0.3 is 0 Å². The van der Waals surface area contributed by atoms with Crippen LogP contribution in [0.2, 0.25) is 0 Å². The Morgan fingerprint density at radius 3 is 2.62 bits per heavy atom. The van der Waals surface area contributed by atoms with E-state index >= 15 is 0 Å². The van der Waals surface area contributed by atoms with Crippen LogP contribution in [0.3, 0.4) is 0 Å². The first kappa shape index (κ1) is 21.9. The maximum absolute atomic E-state index is 13.6. The molecule has 0 aliphatic heterocycles. The van der Waals surface area contributed by atoms with Crippen molar-refractivity contribution in [2.45, 2.75) is 39.3 Å². The topological polar surface area (TPSA) is 92.2 Å². The summed E-state index contributed by atoms with van der Waals surface area (Å²) in [5, 5.41) is 13.8. The minimum Gasteiger partial charge on any atom is -0.364 e. The second kappa shape index (κ2) is 9.05. The third kappa shape index (κ3) is 5.30. The Hall–Kier alpha value is -3.30. The monoisotopic (exact) mass is 437 g/mol. The van der Waals surface area contributed by atoms with Gasteiger partial charge in [-0.25, -0.2) is 9.37 Å². The van der Waals surface area contributed by atoms with Crippen LogP contribution in [0.1, 0.15) is 44.0 Å². The van der Waals surface area contributed by atoms with Crippen molar-refractivity contribution in [3.63, 3.8) is 0 Å². The Morgan fingerprint density at radius 1 is 1.16 bits per heavy atom. The summed E-state index contributed by atoms with van der Waals surface area (Å²) >= 11 is 0. The summed E-state index contributed by atoms with van der Waals surface area (Å²) in [5.41, 5.74) is 2.41. The number of H-pyrrole nitrogens is 1. The molecule has 3 heterocycles. The Morgan fingerprint density at radius 2 is 1.94 bits per heavy atom. The highest BCUT2D eigenvalue weighted by Crippen LogP contribution is 2.26. The number of benzene rings is 1. The molecule has 9 heteroatoms. The van der Waals surface area contributed by atoms with E-state index in [1.54, 1.807) is 12.1 Å². The highest BCUT2D eigenvalue weighted by Gasteiger charge is 2.21. The highest BCUT2D eigenvalue weighted by atomic mass is 19.1. The first-order valence-corrected chi connectivity index (χ1v) is 10.5. The Bertz CT molecular complexity index is 1180. The zero-order chi connectivity index (χ0) is 22.7. The smallest absolute Gasteiger partial charge is 0.216 e. The van der Waals surface area contributed by atoms with Crippen molar-refractivity contribution in [1.29, 1.82) is 0 Å². The SMILES string of the molecule is Cc1cc(Nc2nc(C(OCCNC(C)(C)C)c3ccc(F)cc3)nc3cccn23)n[nH]1. The minimum atomic E-state index is -0.557. The van der Waals surface area contributed by atoms with Crippen LogP contribution < -0.4 is 10.6 Å². The first-order chi connectivity index (χ1) is 15.3. The zero-order valence-corrected chi connectivity index (χ0v) is 18.7. The summed E-state index contributed by atoms with van der Waals surface area (Å²) in [6.07, 6.45) is 1.32. The second-order valence-electron chi connectivity index (χ2n) is 8.68. The van der Waals surface area contributed by atoms with E-state index in [2.05, 4.69) is 41.6 Å². The van der Waals surface area contributed by atoms with Crippen LogP contribution in [0, 0.1) is 12.7 Å². The molecule has 8 nitrogen and oxygen atoms in total. The summed E-state index contributed by atoms with van der Waals surface area (Å²) < 4.78 is 21.6. The number of rotatable bonds is 8. The number of anilines is 2. The molecule has 1 unspecified atom stereocenters. The average Bonchev–Trinajstić information content (AvgIpc) is 3.37. The molecule has 0 aliphatic rings. The van der Waals surface area contributed by atoms with Crippen LogP contribution in [0.5, 0.6) is 0 Å². The van der Waals surface area contributed by atoms with Gasteiger partial charge in [-0.3, -0.25) is 9.50 Å². The lowest BCUT2D eigenvalue weighted by Gasteiger charge is -2.22. The van der Waals surface area contributed by atoms with E-state index in [0.717, 1.165) is 11.3 Å². The van der Waals surface area contributed by atoms with Gasteiger partial charge in [0.05, 0.1) is 6.61 Å². The van der Waals surface area contributed by atoms with Crippen LogP contribution in [-0.2, 0) is 4.74 Å². The molecule has 0 aliphatic carbocycles. The fourth-order valence-corrected chi connectivity index (χ4v) is 3.31. The van der Waals surface area contributed by atoms with E-state index in [0.29, 0.717) is 36.4 Å². The number of fused-ring (bicyclic) bond motifs is 1. The van der Waals surface area contributed by atoms with Crippen molar-refractivity contribution in [3.8, 4) is 0 Å². The summed E-state index contributed by atoms with van der Waals surface area (Å²) in [5.74, 6) is 1.38. The summed E-state index contributed by atoms with van der Waals surface area (Å²) in [6.45, 7) is 9.33. The molecular formula is C23H28FN7O. The lowest BCUT2D eigenvalue weighted by atomic mass is 10.1. The predicted molar refractivity (Wildman–Crippen MR) is 122 cm³/mol. The Kier molecular flexibility index (Phi) is 6.20. The van der Waals surface area contributed by atoms with Crippen LogP contribution >= 0.6 is 0 Å². The van der Waals surface area contributed by atoms with E-state index in [1.807, 2.05) is 35.7 Å². The number of nitrogens with zero attached hydrogens (tertiary/aromatic N) is 4. The van der Waals surface area contributed by atoms with E-state index in [1.165, 1.54) is 12.1 Å². The van der Waals surface area contributed by atoms with Crippen molar-refractivity contribution in [1.82, 2.24) is 29.9 Å². The van der Waals surface area contributed by atoms with Gasteiger partial charge in [0.1, 0.15) is 17.6 Å². The highest BCUT2D eigenvalue weighted by molar-refractivity contribution is 5.54.